The summed E-state index contributed by atoms with van der Waals surface area (Å²) in [4.78, 5) is 10.0. The predicted octanol–water partition coefficient (Wildman–Crippen LogP) is -1.13. The van der Waals surface area contributed by atoms with Gasteiger partial charge in [0.05, 0.1) is 0 Å². The summed E-state index contributed by atoms with van der Waals surface area (Å²) in [5.74, 6) is 0.636. The van der Waals surface area contributed by atoms with Crippen LogP contribution >= 0.6 is 0 Å². The first kappa shape index (κ1) is 9.90. The Balaban J connectivity index is 3.68. The molecule has 11 heavy (non-hydrogen) atoms. The topological polar surface area (TPSA) is 65.5 Å². The molecule has 0 aromatic rings. The molecule has 0 aromatic heterocycles. The van der Waals surface area contributed by atoms with Crippen LogP contribution in [0.5, 0.6) is 0 Å². The van der Waals surface area contributed by atoms with E-state index in [1.165, 1.54) is 0 Å². The monoisotopic (exact) mass is 158 g/mol. The first-order valence-electron chi connectivity index (χ1n) is 3.43. The fraction of sp³-hybridized carbons (Fsp3) is 0.667. The molecule has 0 heterocycles. The quantitative estimate of drug-likeness (QED) is 0.205. The zero-order valence-electron chi connectivity index (χ0n) is 6.85. The lowest BCUT2D eigenvalue weighted by Crippen LogP contribution is -2.27. The normalized spacial score (nSPS) is 10.9. The molecule has 0 aliphatic carbocycles. The van der Waals surface area contributed by atoms with E-state index in [9.17, 15) is 4.79 Å². The van der Waals surface area contributed by atoms with Gasteiger partial charge in [-0.25, -0.2) is 0 Å². The van der Waals surface area contributed by atoms with Crippen molar-refractivity contribution in [3.63, 3.8) is 0 Å². The van der Waals surface area contributed by atoms with Gasteiger partial charge in [-0.1, -0.05) is 0 Å². The fourth-order valence-corrected chi connectivity index (χ4v) is 0.607. The van der Waals surface area contributed by atoms with Crippen molar-refractivity contribution < 1.29 is 4.79 Å². The van der Waals surface area contributed by atoms with Crippen LogP contribution in [0.3, 0.4) is 0 Å². The van der Waals surface area contributed by atoms with Gasteiger partial charge in [0.2, 0.25) is 6.41 Å². The number of nitrogens with zero attached hydrogens (tertiary/aromatic N) is 1. The van der Waals surface area contributed by atoms with Crippen molar-refractivity contribution in [3.8, 4) is 0 Å². The summed E-state index contributed by atoms with van der Waals surface area (Å²) in [7, 11) is 3.53. The Morgan fingerprint density at radius 2 is 2.27 bits per heavy atom. The predicted molar refractivity (Wildman–Crippen MR) is 44.2 cm³/mol. The number of carbonyl (C=O) groups excluding carboxylic acids is 1. The summed E-state index contributed by atoms with van der Waals surface area (Å²) < 4.78 is 0. The van der Waals surface area contributed by atoms with E-state index in [-0.39, 0.29) is 0 Å². The summed E-state index contributed by atoms with van der Waals surface area (Å²) >= 11 is 0. The van der Waals surface area contributed by atoms with Crippen LogP contribution in [0.15, 0.2) is 5.10 Å². The molecule has 0 aliphatic heterocycles. The lowest BCUT2D eigenvalue weighted by atomic mass is 10.4. The van der Waals surface area contributed by atoms with Gasteiger partial charge in [0.1, 0.15) is 5.84 Å². The number of carbonyl (C=O) groups is 1. The van der Waals surface area contributed by atoms with Gasteiger partial charge < -0.3 is 16.1 Å². The lowest BCUT2D eigenvalue weighted by molar-refractivity contribution is -0.108. The van der Waals surface area contributed by atoms with Crippen molar-refractivity contribution in [2.24, 2.45) is 5.10 Å². The van der Waals surface area contributed by atoms with Crippen molar-refractivity contribution in [1.29, 1.82) is 0 Å². The third-order valence-corrected chi connectivity index (χ3v) is 1.08. The minimum absolute atomic E-state index is 0.617. The van der Waals surface area contributed by atoms with Crippen molar-refractivity contribution in [2.75, 3.05) is 20.6 Å². The Kier molecular flexibility index (Phi) is 6.31. The molecular weight excluding hydrogens is 144 g/mol. The number of hydrogen-bond acceptors (Lipinski definition) is 4. The Hall–Kier alpha value is -1.10. The molecule has 0 spiro atoms. The van der Waals surface area contributed by atoms with Crippen LogP contribution in [0, 0.1) is 0 Å². The molecule has 0 bridgehead atoms. The molecule has 64 valence electrons. The molecule has 0 rings (SSSR count). The average molecular weight is 158 g/mol. The highest BCUT2D eigenvalue weighted by molar-refractivity contribution is 5.90. The second kappa shape index (κ2) is 7.01. The van der Waals surface area contributed by atoms with E-state index in [0.29, 0.717) is 18.7 Å². The van der Waals surface area contributed by atoms with E-state index < -0.39 is 0 Å². The molecule has 5 nitrogen and oxygen atoms in total. The minimum Gasteiger partial charge on any atom is -0.319 e. The lowest BCUT2D eigenvalue weighted by Gasteiger charge is -2.02. The third-order valence-electron chi connectivity index (χ3n) is 1.08. The van der Waals surface area contributed by atoms with E-state index in [4.69, 9.17) is 0 Å². The number of hydrogen-bond donors (Lipinski definition) is 3. The van der Waals surface area contributed by atoms with Gasteiger partial charge in [0, 0.05) is 20.0 Å². The van der Waals surface area contributed by atoms with Crippen LogP contribution in [0.1, 0.15) is 6.42 Å². The van der Waals surface area contributed by atoms with Gasteiger partial charge in [-0.05, 0) is 7.05 Å². The van der Waals surface area contributed by atoms with Gasteiger partial charge in [-0.2, -0.15) is 5.10 Å². The highest BCUT2D eigenvalue weighted by atomic mass is 16.1. The number of amides is 1. The zero-order chi connectivity index (χ0) is 8.53. The van der Waals surface area contributed by atoms with Crippen LogP contribution in [0.2, 0.25) is 0 Å². The van der Waals surface area contributed by atoms with Crippen molar-refractivity contribution in [1.82, 2.24) is 16.1 Å². The Labute approximate surface area is 66.2 Å². The molecule has 0 atom stereocenters. The largest absolute Gasteiger partial charge is 0.319 e. The molecule has 0 radical (unpaired) electrons. The Morgan fingerprint density at radius 1 is 1.55 bits per heavy atom. The minimum atomic E-state index is 0.617. The molecule has 0 unspecified atom stereocenters. The summed E-state index contributed by atoms with van der Waals surface area (Å²) in [5, 5.41) is 9.27. The van der Waals surface area contributed by atoms with Crippen LogP contribution in [-0.4, -0.2) is 32.9 Å². The van der Waals surface area contributed by atoms with Crippen molar-refractivity contribution in [3.05, 3.63) is 0 Å². The van der Waals surface area contributed by atoms with Crippen LogP contribution < -0.4 is 16.1 Å². The first-order valence-corrected chi connectivity index (χ1v) is 3.43. The van der Waals surface area contributed by atoms with Gasteiger partial charge in [0.25, 0.3) is 0 Å². The van der Waals surface area contributed by atoms with E-state index in [1.54, 1.807) is 7.05 Å². The second-order valence-electron chi connectivity index (χ2n) is 1.90. The molecule has 0 aliphatic rings. The van der Waals surface area contributed by atoms with Crippen LogP contribution in [0.4, 0.5) is 0 Å². The average Bonchev–Trinajstić information content (AvgIpc) is 2.01. The first-order chi connectivity index (χ1) is 5.35. The highest BCUT2D eigenvalue weighted by Gasteiger charge is 1.94. The third kappa shape index (κ3) is 5.35. The fourth-order valence-electron chi connectivity index (χ4n) is 0.607. The second-order valence-corrected chi connectivity index (χ2v) is 1.90. The summed E-state index contributed by atoms with van der Waals surface area (Å²) in [6.45, 7) is 0.793. The van der Waals surface area contributed by atoms with Crippen molar-refractivity contribution >= 4 is 12.2 Å². The maximum atomic E-state index is 10.0. The van der Waals surface area contributed by atoms with Crippen LogP contribution in [0.25, 0.3) is 0 Å². The molecule has 0 aromatic carbocycles. The van der Waals surface area contributed by atoms with Gasteiger partial charge in [-0.15, -0.1) is 0 Å². The van der Waals surface area contributed by atoms with E-state index in [1.807, 2.05) is 7.05 Å². The number of amidine groups is 1. The maximum Gasteiger partial charge on any atom is 0.212 e. The number of hydrazone groups is 1. The maximum absolute atomic E-state index is 10.0. The zero-order valence-corrected chi connectivity index (χ0v) is 6.85. The van der Waals surface area contributed by atoms with Gasteiger partial charge in [-0.3, -0.25) is 4.79 Å². The molecule has 0 saturated heterocycles. The molecule has 5 heteroatoms. The number of nitrogens with one attached hydrogen (secondary N) is 3. The van der Waals surface area contributed by atoms with E-state index in [2.05, 4.69) is 21.2 Å². The SMILES string of the molecule is CNCC/C(=N/NC)NC=O. The highest BCUT2D eigenvalue weighted by Crippen LogP contribution is 1.77. The Morgan fingerprint density at radius 3 is 2.73 bits per heavy atom. The van der Waals surface area contributed by atoms with Gasteiger partial charge >= 0.3 is 0 Å². The summed E-state index contributed by atoms with van der Waals surface area (Å²) in [5.41, 5.74) is 2.60. The summed E-state index contributed by atoms with van der Waals surface area (Å²) in [6, 6.07) is 0. The molecule has 0 fully saturated rings. The van der Waals surface area contributed by atoms with E-state index in [0.717, 1.165) is 6.54 Å². The molecular formula is C6H14N4O. The van der Waals surface area contributed by atoms with Crippen molar-refractivity contribution in [2.45, 2.75) is 6.42 Å². The van der Waals surface area contributed by atoms with E-state index >= 15 is 0 Å². The van der Waals surface area contributed by atoms with Gasteiger partial charge in [0.15, 0.2) is 0 Å². The molecule has 3 N–H and O–H groups in total. The molecule has 0 saturated carbocycles. The van der Waals surface area contributed by atoms with Crippen LogP contribution in [-0.2, 0) is 4.79 Å². The standard InChI is InChI=1S/C6H14N4O/c1-7-4-3-6(9-5-11)10-8-2/h5,7-8H,3-4H2,1-2H3,(H,9,10,11). The Bertz CT molecular complexity index is 135. The summed E-state index contributed by atoms with van der Waals surface area (Å²) in [6.07, 6.45) is 1.32. The molecule has 1 amide bonds. The smallest absolute Gasteiger partial charge is 0.212 e. The number of rotatable bonds is 5.